The Labute approximate surface area is 137 Å². The van der Waals surface area contributed by atoms with Crippen molar-refractivity contribution in [3.8, 4) is 0 Å². The van der Waals surface area contributed by atoms with Gasteiger partial charge >= 0.3 is 0 Å². The number of rotatable bonds is 4. The van der Waals surface area contributed by atoms with Crippen LogP contribution in [0.4, 0.5) is 0 Å². The highest BCUT2D eigenvalue weighted by Gasteiger charge is 2.26. The summed E-state index contributed by atoms with van der Waals surface area (Å²) in [5, 5.41) is 0. The zero-order chi connectivity index (χ0) is 16.2. The second kappa shape index (κ2) is 7.13. The minimum absolute atomic E-state index is 0.0210. The Hall–Kier alpha value is -1.88. The monoisotopic (exact) mass is 316 g/mol. The van der Waals surface area contributed by atoms with Gasteiger partial charge in [-0.25, -0.2) is 0 Å². The van der Waals surface area contributed by atoms with E-state index < -0.39 is 0 Å². The van der Waals surface area contributed by atoms with E-state index in [2.05, 4.69) is 12.1 Å². The van der Waals surface area contributed by atoms with Crippen LogP contribution in [-0.2, 0) is 27.3 Å². The lowest BCUT2D eigenvalue weighted by atomic mass is 10.00. The molecular weight excluding hydrogens is 292 g/mol. The van der Waals surface area contributed by atoms with Gasteiger partial charge in [0.25, 0.3) is 0 Å². The molecule has 5 heteroatoms. The summed E-state index contributed by atoms with van der Waals surface area (Å²) in [4.78, 5) is 27.9. The van der Waals surface area contributed by atoms with Crippen molar-refractivity contribution in [3.63, 3.8) is 0 Å². The molecule has 23 heavy (non-hydrogen) atoms. The van der Waals surface area contributed by atoms with Gasteiger partial charge in [-0.2, -0.15) is 0 Å². The lowest BCUT2D eigenvalue weighted by Gasteiger charge is -2.31. The van der Waals surface area contributed by atoms with E-state index in [1.54, 1.807) is 4.90 Å². The molecule has 1 fully saturated rings. The molecule has 2 aliphatic heterocycles. The summed E-state index contributed by atoms with van der Waals surface area (Å²) in [7, 11) is 0. The maximum Gasteiger partial charge on any atom is 0.242 e. The second-order valence-corrected chi connectivity index (χ2v) is 6.37. The van der Waals surface area contributed by atoms with Crippen LogP contribution in [0, 0.1) is 0 Å². The van der Waals surface area contributed by atoms with Crippen LogP contribution in [-0.4, -0.2) is 54.0 Å². The van der Waals surface area contributed by atoms with Crippen molar-refractivity contribution in [2.75, 3.05) is 26.2 Å². The highest BCUT2D eigenvalue weighted by Crippen LogP contribution is 2.19. The molecule has 1 atom stereocenters. The number of carbonyl (C=O) groups is 2. The van der Waals surface area contributed by atoms with Crippen LogP contribution in [0.1, 0.15) is 30.9 Å². The number of hydrogen-bond donors (Lipinski definition) is 0. The first-order valence-corrected chi connectivity index (χ1v) is 8.35. The Balaban J connectivity index is 1.59. The lowest BCUT2D eigenvalue weighted by molar-refractivity contribution is -0.141. The maximum absolute atomic E-state index is 12.6. The smallest absolute Gasteiger partial charge is 0.242 e. The van der Waals surface area contributed by atoms with E-state index in [4.69, 9.17) is 4.74 Å². The Morgan fingerprint density at radius 3 is 2.78 bits per heavy atom. The summed E-state index contributed by atoms with van der Waals surface area (Å²) >= 11 is 0. The average molecular weight is 316 g/mol. The first kappa shape index (κ1) is 16.0. The summed E-state index contributed by atoms with van der Waals surface area (Å²) in [5.74, 6) is -0.0426. The molecule has 1 unspecified atom stereocenters. The number of carbonyl (C=O) groups excluding carboxylic acids is 2. The van der Waals surface area contributed by atoms with Gasteiger partial charge in [-0.1, -0.05) is 24.3 Å². The molecule has 0 aliphatic carbocycles. The van der Waals surface area contributed by atoms with Gasteiger partial charge in [0, 0.05) is 33.2 Å². The molecule has 0 saturated carbocycles. The molecule has 0 spiro atoms. The van der Waals surface area contributed by atoms with Crippen LogP contribution < -0.4 is 0 Å². The van der Waals surface area contributed by atoms with E-state index in [0.717, 1.165) is 32.4 Å². The molecule has 2 aliphatic rings. The largest absolute Gasteiger partial charge is 0.376 e. The van der Waals surface area contributed by atoms with Crippen LogP contribution in [0.2, 0.25) is 0 Å². The minimum atomic E-state index is -0.0636. The van der Waals surface area contributed by atoms with Crippen molar-refractivity contribution in [1.82, 2.24) is 9.80 Å². The van der Waals surface area contributed by atoms with Crippen LogP contribution in [0.3, 0.4) is 0 Å². The molecule has 1 saturated heterocycles. The number of ether oxygens (including phenoxy) is 1. The van der Waals surface area contributed by atoms with E-state index >= 15 is 0 Å². The zero-order valence-corrected chi connectivity index (χ0v) is 13.7. The van der Waals surface area contributed by atoms with E-state index in [1.807, 2.05) is 17.0 Å². The normalized spacial score (nSPS) is 20.2. The molecule has 0 radical (unpaired) electrons. The standard InChI is InChI=1S/C18H24N2O3/c1-14(21)20(12-17-7-4-10-23-17)13-18(22)19-9-8-15-5-2-3-6-16(15)11-19/h2-3,5-6,17H,4,7-13H2,1H3. The van der Waals surface area contributed by atoms with Gasteiger partial charge in [0.05, 0.1) is 12.6 Å². The highest BCUT2D eigenvalue weighted by molar-refractivity contribution is 5.84. The Morgan fingerprint density at radius 2 is 2.09 bits per heavy atom. The molecule has 2 heterocycles. The summed E-state index contributed by atoms with van der Waals surface area (Å²) in [5.41, 5.74) is 2.53. The molecule has 1 aromatic rings. The molecule has 2 amide bonds. The minimum Gasteiger partial charge on any atom is -0.376 e. The lowest BCUT2D eigenvalue weighted by Crippen LogP contribution is -2.46. The third-order valence-electron chi connectivity index (χ3n) is 4.70. The van der Waals surface area contributed by atoms with Gasteiger partial charge in [0.1, 0.15) is 0 Å². The molecular formula is C18H24N2O3. The van der Waals surface area contributed by atoms with Gasteiger partial charge < -0.3 is 14.5 Å². The fraction of sp³-hybridized carbons (Fsp3) is 0.556. The average Bonchev–Trinajstić information content (AvgIpc) is 3.06. The Morgan fingerprint density at radius 1 is 1.30 bits per heavy atom. The number of hydrogen-bond acceptors (Lipinski definition) is 3. The number of nitrogens with zero attached hydrogens (tertiary/aromatic N) is 2. The van der Waals surface area contributed by atoms with Crippen molar-refractivity contribution in [2.45, 2.75) is 38.8 Å². The molecule has 0 N–H and O–H groups in total. The van der Waals surface area contributed by atoms with Gasteiger partial charge in [-0.15, -0.1) is 0 Å². The van der Waals surface area contributed by atoms with Gasteiger partial charge in [-0.3, -0.25) is 9.59 Å². The van der Waals surface area contributed by atoms with Crippen molar-refractivity contribution >= 4 is 11.8 Å². The predicted octanol–water partition coefficient (Wildman–Crippen LogP) is 1.60. The fourth-order valence-corrected chi connectivity index (χ4v) is 3.31. The van der Waals surface area contributed by atoms with E-state index in [1.165, 1.54) is 18.1 Å². The van der Waals surface area contributed by atoms with Crippen molar-refractivity contribution in [1.29, 1.82) is 0 Å². The van der Waals surface area contributed by atoms with Crippen LogP contribution in [0.15, 0.2) is 24.3 Å². The zero-order valence-electron chi connectivity index (χ0n) is 13.7. The SMILES string of the molecule is CC(=O)N(CC(=O)N1CCc2ccccc2C1)CC1CCCO1. The van der Waals surface area contributed by atoms with E-state index in [-0.39, 0.29) is 24.5 Å². The molecule has 0 bridgehead atoms. The van der Waals surface area contributed by atoms with Crippen LogP contribution in [0.5, 0.6) is 0 Å². The third-order valence-corrected chi connectivity index (χ3v) is 4.70. The van der Waals surface area contributed by atoms with Gasteiger partial charge in [-0.05, 0) is 30.4 Å². The molecule has 1 aromatic carbocycles. The second-order valence-electron chi connectivity index (χ2n) is 6.37. The summed E-state index contributed by atoms with van der Waals surface area (Å²) < 4.78 is 5.59. The maximum atomic E-state index is 12.6. The Bertz CT molecular complexity index is 581. The summed E-state index contributed by atoms with van der Waals surface area (Å²) in [6, 6.07) is 8.24. The van der Waals surface area contributed by atoms with E-state index in [9.17, 15) is 9.59 Å². The first-order valence-electron chi connectivity index (χ1n) is 8.35. The molecule has 0 aromatic heterocycles. The number of amides is 2. The fourth-order valence-electron chi connectivity index (χ4n) is 3.31. The van der Waals surface area contributed by atoms with Crippen LogP contribution >= 0.6 is 0 Å². The van der Waals surface area contributed by atoms with Gasteiger partial charge in [0.2, 0.25) is 11.8 Å². The molecule has 5 nitrogen and oxygen atoms in total. The van der Waals surface area contributed by atoms with E-state index in [0.29, 0.717) is 13.1 Å². The Kier molecular flexibility index (Phi) is 4.96. The highest BCUT2D eigenvalue weighted by atomic mass is 16.5. The first-order chi connectivity index (χ1) is 11.1. The molecule has 3 rings (SSSR count). The number of benzene rings is 1. The van der Waals surface area contributed by atoms with Crippen molar-refractivity contribution < 1.29 is 14.3 Å². The topological polar surface area (TPSA) is 49.9 Å². The predicted molar refractivity (Wildman–Crippen MR) is 86.8 cm³/mol. The van der Waals surface area contributed by atoms with Gasteiger partial charge in [0.15, 0.2) is 0 Å². The third kappa shape index (κ3) is 3.91. The molecule has 124 valence electrons. The quantitative estimate of drug-likeness (QED) is 0.848. The van der Waals surface area contributed by atoms with Crippen molar-refractivity contribution in [3.05, 3.63) is 35.4 Å². The van der Waals surface area contributed by atoms with Crippen molar-refractivity contribution in [2.24, 2.45) is 0 Å². The number of fused-ring (bicyclic) bond motifs is 1. The van der Waals surface area contributed by atoms with Crippen LogP contribution in [0.25, 0.3) is 0 Å². The summed E-state index contributed by atoms with van der Waals surface area (Å²) in [6.45, 7) is 4.31. The summed E-state index contributed by atoms with van der Waals surface area (Å²) in [6.07, 6.45) is 2.96.